The van der Waals surface area contributed by atoms with Crippen LogP contribution in [0.5, 0.6) is 0 Å². The van der Waals surface area contributed by atoms with Crippen molar-refractivity contribution in [3.63, 3.8) is 0 Å². The van der Waals surface area contributed by atoms with E-state index in [1.54, 1.807) is 15.8 Å². The zero-order valence-corrected chi connectivity index (χ0v) is 14.6. The minimum Gasteiger partial charge on any atom is -0.444 e. The summed E-state index contributed by atoms with van der Waals surface area (Å²) < 4.78 is 7.21. The van der Waals surface area contributed by atoms with Crippen LogP contribution in [0.1, 0.15) is 33.6 Å². The van der Waals surface area contributed by atoms with E-state index in [1.807, 2.05) is 27.8 Å². The van der Waals surface area contributed by atoms with Crippen molar-refractivity contribution in [2.75, 3.05) is 18.4 Å². The lowest BCUT2D eigenvalue weighted by atomic mass is 10.2. The monoisotopic (exact) mass is 332 g/mol. The third kappa shape index (κ3) is 3.42. The van der Waals surface area contributed by atoms with Crippen LogP contribution < -0.4 is 5.32 Å². The SMILES string of the molecule is Cn1ncc2c(NC[C@H]3CCCN3C(=O)OC(C)(C)C)ncnc21. The average Bonchev–Trinajstić information content (AvgIpc) is 3.11. The molecule has 3 rings (SSSR count). The fraction of sp³-hybridized carbons (Fsp3) is 0.625. The second-order valence-corrected chi connectivity index (χ2v) is 7.08. The lowest BCUT2D eigenvalue weighted by Crippen LogP contribution is -2.42. The normalized spacial score (nSPS) is 18.2. The Morgan fingerprint density at radius 1 is 1.42 bits per heavy atom. The number of carbonyl (C=O) groups excluding carboxylic acids is 1. The van der Waals surface area contributed by atoms with Crippen LogP contribution in [-0.4, -0.2) is 55.5 Å². The molecule has 0 radical (unpaired) electrons. The van der Waals surface area contributed by atoms with Crippen molar-refractivity contribution in [3.05, 3.63) is 12.5 Å². The Bertz CT molecular complexity index is 736. The molecule has 1 N–H and O–H groups in total. The number of anilines is 1. The molecule has 1 amide bonds. The molecular weight excluding hydrogens is 308 g/mol. The molecule has 0 aromatic carbocycles. The Labute approximate surface area is 141 Å². The Hall–Kier alpha value is -2.38. The summed E-state index contributed by atoms with van der Waals surface area (Å²) in [6, 6.07) is 0.0986. The van der Waals surface area contributed by atoms with E-state index in [0.717, 1.165) is 36.2 Å². The fourth-order valence-corrected chi connectivity index (χ4v) is 2.93. The minimum absolute atomic E-state index is 0.0986. The number of rotatable bonds is 3. The van der Waals surface area contributed by atoms with Crippen molar-refractivity contribution in [2.24, 2.45) is 7.05 Å². The van der Waals surface area contributed by atoms with Gasteiger partial charge in [0.05, 0.1) is 17.6 Å². The van der Waals surface area contributed by atoms with Crippen molar-refractivity contribution >= 4 is 22.9 Å². The quantitative estimate of drug-likeness (QED) is 0.927. The summed E-state index contributed by atoms with van der Waals surface area (Å²) in [6.45, 7) is 7.00. The van der Waals surface area contributed by atoms with Crippen molar-refractivity contribution < 1.29 is 9.53 Å². The van der Waals surface area contributed by atoms with Gasteiger partial charge in [0.1, 0.15) is 17.7 Å². The van der Waals surface area contributed by atoms with Crippen molar-refractivity contribution in [1.82, 2.24) is 24.6 Å². The molecule has 0 aliphatic carbocycles. The number of likely N-dealkylation sites (tertiary alicyclic amines) is 1. The Morgan fingerprint density at radius 2 is 2.21 bits per heavy atom. The maximum atomic E-state index is 12.3. The summed E-state index contributed by atoms with van der Waals surface area (Å²) in [5.74, 6) is 0.740. The second kappa shape index (κ2) is 6.26. The molecule has 0 unspecified atom stereocenters. The topological polar surface area (TPSA) is 85.2 Å². The predicted octanol–water partition coefficient (Wildman–Crippen LogP) is 2.17. The van der Waals surface area contributed by atoms with Crippen LogP contribution in [0, 0.1) is 0 Å². The Morgan fingerprint density at radius 3 is 2.96 bits per heavy atom. The zero-order chi connectivity index (χ0) is 17.3. The van der Waals surface area contributed by atoms with Gasteiger partial charge in [-0.1, -0.05) is 0 Å². The molecule has 1 aliphatic heterocycles. The van der Waals surface area contributed by atoms with Crippen molar-refractivity contribution in [1.29, 1.82) is 0 Å². The van der Waals surface area contributed by atoms with Gasteiger partial charge in [-0.05, 0) is 33.6 Å². The van der Waals surface area contributed by atoms with Crippen LogP contribution >= 0.6 is 0 Å². The zero-order valence-electron chi connectivity index (χ0n) is 14.6. The molecule has 0 bridgehead atoms. The molecule has 0 saturated carbocycles. The van der Waals surface area contributed by atoms with Crippen LogP contribution in [0.25, 0.3) is 11.0 Å². The van der Waals surface area contributed by atoms with Gasteiger partial charge in [-0.25, -0.2) is 14.8 Å². The molecule has 3 heterocycles. The van der Waals surface area contributed by atoms with Crippen molar-refractivity contribution in [2.45, 2.75) is 45.3 Å². The molecule has 1 aliphatic rings. The van der Waals surface area contributed by atoms with Gasteiger partial charge in [-0.15, -0.1) is 0 Å². The number of aromatic nitrogens is 4. The highest BCUT2D eigenvalue weighted by atomic mass is 16.6. The standard InChI is InChI=1S/C16H24N6O2/c1-16(2,3)24-15(23)22-7-5-6-11(22)8-17-13-12-9-20-21(4)14(12)19-10-18-13/h9-11H,5-8H2,1-4H3,(H,17,18,19)/t11-/m1/s1. The molecule has 24 heavy (non-hydrogen) atoms. The molecule has 8 heteroatoms. The number of hydrogen-bond donors (Lipinski definition) is 1. The van der Waals surface area contributed by atoms with Gasteiger partial charge in [-0.3, -0.25) is 4.68 Å². The molecule has 1 fully saturated rings. The number of hydrogen-bond acceptors (Lipinski definition) is 6. The molecule has 1 atom stereocenters. The maximum absolute atomic E-state index is 12.3. The van der Waals surface area contributed by atoms with Gasteiger partial charge in [0.2, 0.25) is 0 Å². The average molecular weight is 332 g/mol. The first kappa shape index (κ1) is 16.5. The summed E-state index contributed by atoms with van der Waals surface area (Å²) in [6.07, 6.45) is 4.96. The first-order valence-electron chi connectivity index (χ1n) is 8.21. The Balaban J connectivity index is 1.68. The van der Waals surface area contributed by atoms with E-state index >= 15 is 0 Å². The maximum Gasteiger partial charge on any atom is 0.410 e. The number of ether oxygens (including phenoxy) is 1. The van der Waals surface area contributed by atoms with E-state index in [2.05, 4.69) is 20.4 Å². The van der Waals surface area contributed by atoms with E-state index in [4.69, 9.17) is 4.74 Å². The molecular formula is C16H24N6O2. The van der Waals surface area contributed by atoms with E-state index in [0.29, 0.717) is 6.54 Å². The van der Waals surface area contributed by atoms with E-state index in [1.165, 1.54) is 6.33 Å². The van der Waals surface area contributed by atoms with Gasteiger partial charge in [-0.2, -0.15) is 5.10 Å². The number of aryl methyl sites for hydroxylation is 1. The molecule has 1 saturated heterocycles. The summed E-state index contributed by atoms with van der Waals surface area (Å²) in [5.41, 5.74) is 0.301. The van der Waals surface area contributed by atoms with Crippen LogP contribution in [0.15, 0.2) is 12.5 Å². The third-order valence-corrected chi connectivity index (χ3v) is 4.04. The van der Waals surface area contributed by atoms with Gasteiger partial charge in [0.15, 0.2) is 5.65 Å². The highest BCUT2D eigenvalue weighted by Crippen LogP contribution is 2.23. The number of nitrogens with one attached hydrogen (secondary N) is 1. The van der Waals surface area contributed by atoms with Gasteiger partial charge in [0, 0.05) is 20.1 Å². The fourth-order valence-electron chi connectivity index (χ4n) is 2.93. The largest absolute Gasteiger partial charge is 0.444 e. The van der Waals surface area contributed by atoms with Crippen LogP contribution in [-0.2, 0) is 11.8 Å². The third-order valence-electron chi connectivity index (χ3n) is 4.04. The molecule has 2 aromatic rings. The number of nitrogens with zero attached hydrogens (tertiary/aromatic N) is 5. The second-order valence-electron chi connectivity index (χ2n) is 7.08. The highest BCUT2D eigenvalue weighted by Gasteiger charge is 2.32. The smallest absolute Gasteiger partial charge is 0.410 e. The number of carbonyl (C=O) groups is 1. The lowest BCUT2D eigenvalue weighted by molar-refractivity contribution is 0.0235. The first-order valence-corrected chi connectivity index (χ1v) is 8.21. The number of amides is 1. The van der Waals surface area contributed by atoms with Gasteiger partial charge in [0.25, 0.3) is 0 Å². The molecule has 2 aromatic heterocycles. The number of fused-ring (bicyclic) bond motifs is 1. The van der Waals surface area contributed by atoms with Gasteiger partial charge < -0.3 is 15.0 Å². The molecule has 130 valence electrons. The van der Waals surface area contributed by atoms with Crippen molar-refractivity contribution in [3.8, 4) is 0 Å². The molecule has 0 spiro atoms. The first-order chi connectivity index (χ1) is 11.3. The summed E-state index contributed by atoms with van der Waals surface area (Å²) in [7, 11) is 1.85. The predicted molar refractivity (Wildman–Crippen MR) is 90.8 cm³/mol. The highest BCUT2D eigenvalue weighted by molar-refractivity contribution is 5.86. The van der Waals surface area contributed by atoms with Crippen LogP contribution in [0.3, 0.4) is 0 Å². The van der Waals surface area contributed by atoms with Crippen LogP contribution in [0.4, 0.5) is 10.6 Å². The van der Waals surface area contributed by atoms with Gasteiger partial charge >= 0.3 is 6.09 Å². The summed E-state index contributed by atoms with van der Waals surface area (Å²) in [5, 5.41) is 8.42. The van der Waals surface area contributed by atoms with E-state index < -0.39 is 5.60 Å². The minimum atomic E-state index is -0.480. The summed E-state index contributed by atoms with van der Waals surface area (Å²) in [4.78, 5) is 22.7. The molecule has 8 nitrogen and oxygen atoms in total. The van der Waals surface area contributed by atoms with E-state index in [9.17, 15) is 4.79 Å². The Kier molecular flexibility index (Phi) is 4.29. The summed E-state index contributed by atoms with van der Waals surface area (Å²) >= 11 is 0. The van der Waals surface area contributed by atoms with E-state index in [-0.39, 0.29) is 12.1 Å². The lowest BCUT2D eigenvalue weighted by Gasteiger charge is -2.28. The van der Waals surface area contributed by atoms with Crippen LogP contribution in [0.2, 0.25) is 0 Å².